The molecule has 1 N–H and O–H groups in total. The van der Waals surface area contributed by atoms with Crippen molar-refractivity contribution in [3.8, 4) is 0 Å². The highest BCUT2D eigenvalue weighted by atomic mass is 16.6. The minimum Gasteiger partial charge on any atom is -0.444 e. The van der Waals surface area contributed by atoms with Crippen molar-refractivity contribution in [3.63, 3.8) is 0 Å². The second-order valence-electron chi connectivity index (χ2n) is 5.04. The van der Waals surface area contributed by atoms with E-state index in [0.29, 0.717) is 6.92 Å². The quantitative estimate of drug-likeness (QED) is 0.883. The van der Waals surface area contributed by atoms with E-state index >= 15 is 0 Å². The molecule has 0 aliphatic carbocycles. The van der Waals surface area contributed by atoms with Crippen molar-refractivity contribution in [2.24, 2.45) is 0 Å². The molecule has 1 unspecified atom stereocenters. The van der Waals surface area contributed by atoms with Gasteiger partial charge in [0, 0.05) is 56.8 Å². The maximum atomic E-state index is 13.4. The number of hydrogen-bond acceptors (Lipinski definition) is 5. The molecule has 25 heavy (non-hydrogen) atoms. The molecular formula is C18H27N5O2. The van der Waals surface area contributed by atoms with Gasteiger partial charge in [-0.2, -0.15) is 0 Å². The van der Waals surface area contributed by atoms with Crippen LogP contribution in [0.1, 0.15) is 67.8 Å². The summed E-state index contributed by atoms with van der Waals surface area (Å²) in [6.07, 6.45) is -13.6. The van der Waals surface area contributed by atoms with E-state index in [-0.39, 0.29) is 4.98 Å². The molecule has 1 aliphatic heterocycles. The van der Waals surface area contributed by atoms with Crippen LogP contribution in [0.2, 0.25) is 1.41 Å². The Hall–Kier alpha value is -2.31. The van der Waals surface area contributed by atoms with Crippen molar-refractivity contribution in [1.82, 2.24) is 19.8 Å². The monoisotopic (exact) mass is 367 g/mol. The third-order valence-electron chi connectivity index (χ3n) is 2.79. The maximum Gasteiger partial charge on any atom is 0.410 e. The predicted octanol–water partition coefficient (Wildman–Crippen LogP) is 3.10. The number of amides is 1. The Balaban J connectivity index is 2.49. The zero-order chi connectivity index (χ0) is 37.1. The molecule has 1 atom stereocenters. The van der Waals surface area contributed by atoms with E-state index in [1.165, 1.54) is 0 Å². The van der Waals surface area contributed by atoms with E-state index in [1.807, 2.05) is 0 Å². The summed E-state index contributed by atoms with van der Waals surface area (Å²) in [6, 6.07) is -4.55. The van der Waals surface area contributed by atoms with Gasteiger partial charge in [0.25, 0.3) is 0 Å². The molecule has 3 heterocycles. The van der Waals surface area contributed by atoms with Crippen LogP contribution in [0.3, 0.4) is 0 Å². The average Bonchev–Trinajstić information content (AvgIpc) is 3.11. The molecule has 1 amide bonds. The van der Waals surface area contributed by atoms with Gasteiger partial charge in [0.2, 0.25) is 0 Å². The van der Waals surface area contributed by atoms with E-state index in [0.717, 1.165) is 0 Å². The molecular weight excluding hydrogens is 318 g/mol. The topological polar surface area (TPSA) is 74.3 Å². The highest BCUT2D eigenvalue weighted by molar-refractivity contribution is 5.90. The highest BCUT2D eigenvalue weighted by Gasteiger charge is 2.29. The molecule has 0 bridgehead atoms. The molecule has 2 aromatic heterocycles. The standard InChI is InChI=1S/C18H27N5O2/c1-12-10-19-15-14(12)16(21-11-20-15)23-8-6-13(7-9-23)22(5)17(24)25-18(2,3)4/h10-11,13H,6-9H2,1-5H3,(H,19,20,21)/i1D3,2D,3D3,5D3,6D2,7D2,8D2,9D2,10D,11D,13D/hD. The number of hydrogen-bond donors (Lipinski definition) is 1. The number of H-pyrrole nitrogens is 1. The lowest BCUT2D eigenvalue weighted by Crippen LogP contribution is -2.47. The van der Waals surface area contributed by atoms with Crippen LogP contribution < -0.4 is 4.90 Å². The van der Waals surface area contributed by atoms with Crippen LogP contribution in [-0.4, -0.2) is 57.5 Å². The number of anilines is 1. The Morgan fingerprint density at radius 2 is 2.48 bits per heavy atom. The van der Waals surface area contributed by atoms with Gasteiger partial charge < -0.3 is 19.5 Å². The molecule has 0 spiro atoms. The van der Waals surface area contributed by atoms with Crippen LogP contribution in [0.4, 0.5) is 10.6 Å². The Kier molecular flexibility index (Phi) is 1.28. The summed E-state index contributed by atoms with van der Waals surface area (Å²) in [5.74, 6) is -1.37. The van der Waals surface area contributed by atoms with Crippen molar-refractivity contribution < 1.29 is 39.7 Å². The smallest absolute Gasteiger partial charge is 0.410 e. The second-order valence-corrected chi connectivity index (χ2v) is 5.04. The number of nitrogens with one attached hydrogen (secondary N) is 1. The third kappa shape index (κ3) is 3.70. The second kappa shape index (κ2) is 6.54. The lowest BCUT2D eigenvalue weighted by Gasteiger charge is -2.37. The molecule has 0 saturated carbocycles. The molecule has 3 rings (SSSR count). The molecule has 0 aromatic carbocycles. The summed E-state index contributed by atoms with van der Waals surface area (Å²) in [5, 5.41) is -1.01. The molecule has 136 valence electrons. The van der Waals surface area contributed by atoms with Crippen molar-refractivity contribution in [1.29, 1.82) is 0 Å². The number of rotatable bonds is 2. The van der Waals surface area contributed by atoms with E-state index < -0.39 is 116 Å². The first kappa shape index (κ1) is 4.90. The maximum absolute atomic E-state index is 13.4. The van der Waals surface area contributed by atoms with Crippen molar-refractivity contribution >= 4 is 22.9 Å². The molecule has 7 heteroatoms. The first-order valence-electron chi connectivity index (χ1n) is 17.8. The van der Waals surface area contributed by atoms with Crippen LogP contribution >= 0.6 is 0 Å². The summed E-state index contributed by atoms with van der Waals surface area (Å²) < 4.78 is 185. The summed E-state index contributed by atoms with van der Waals surface area (Å²) in [5.41, 5.74) is -4.85. The fourth-order valence-electron chi connectivity index (χ4n) is 1.79. The number of carbonyl (C=O) groups excluding carboxylic acids is 1. The number of aromatic nitrogens is 3. The van der Waals surface area contributed by atoms with E-state index in [1.54, 1.807) is 0 Å². The SMILES string of the molecule is [2H]CC(C)(OC(=O)N(C([2H])([2H])[2H])C1([2H])C([2H])([2H])C([2H])([2H])N(c2nc([2H])nc3c2c(C([2H])([2H])[2H])c([2H])n3[2H])C([2H])([2H])C1([2H])[2H])C([2H])([2H])[2H]. The Bertz CT molecular complexity index is 1550. The van der Waals surface area contributed by atoms with Crippen LogP contribution in [0, 0.1) is 6.85 Å². The summed E-state index contributed by atoms with van der Waals surface area (Å²) in [6.45, 7) is -20.0. The Morgan fingerprint density at radius 1 is 1.64 bits per heavy atom. The van der Waals surface area contributed by atoms with Gasteiger partial charge in [-0.05, 0) is 45.8 Å². The normalized spacial score (nSPS) is 41.9. The molecule has 1 fully saturated rings. The summed E-state index contributed by atoms with van der Waals surface area (Å²) >= 11 is 0. The van der Waals surface area contributed by atoms with E-state index in [2.05, 4.69) is 9.97 Å². The first-order valence-corrected chi connectivity index (χ1v) is 6.65. The van der Waals surface area contributed by atoms with E-state index in [9.17, 15) is 4.79 Å². The van der Waals surface area contributed by atoms with Gasteiger partial charge in [-0.1, -0.05) is 0 Å². The molecule has 1 saturated heterocycles. The number of aryl methyl sites for hydroxylation is 1. The summed E-state index contributed by atoms with van der Waals surface area (Å²) in [4.78, 5) is 19.1. The lowest BCUT2D eigenvalue weighted by atomic mass is 10.0. The number of fused-ring (bicyclic) bond motifs is 1. The van der Waals surface area contributed by atoms with Gasteiger partial charge in [0.05, 0.1) is 8.13 Å². The van der Waals surface area contributed by atoms with Gasteiger partial charge >= 0.3 is 6.09 Å². The van der Waals surface area contributed by atoms with Crippen molar-refractivity contribution in [2.75, 3.05) is 24.9 Å². The molecule has 0 radical (unpaired) electrons. The lowest BCUT2D eigenvalue weighted by molar-refractivity contribution is 0.0201. The third-order valence-corrected chi connectivity index (χ3v) is 2.79. The Labute approximate surface area is 179 Å². The van der Waals surface area contributed by atoms with Gasteiger partial charge in [-0.3, -0.25) is 0 Å². The molecule has 2 aromatic rings. The van der Waals surface area contributed by atoms with Crippen LogP contribution in [-0.2, 0) is 4.74 Å². The van der Waals surface area contributed by atoms with E-state index in [4.69, 9.17) is 34.9 Å². The van der Waals surface area contributed by atoms with Crippen LogP contribution in [0.25, 0.3) is 11.0 Å². The fourth-order valence-corrected chi connectivity index (χ4v) is 1.79. The number of nitrogens with zero attached hydrogens (tertiary/aromatic N) is 4. The van der Waals surface area contributed by atoms with Crippen molar-refractivity contribution in [3.05, 3.63) is 18.0 Å². The average molecular weight is 368 g/mol. The number of ether oxygens (including phenoxy) is 1. The zero-order valence-electron chi connectivity index (χ0n) is 34.8. The van der Waals surface area contributed by atoms with Crippen molar-refractivity contribution in [2.45, 2.75) is 51.9 Å². The molecule has 7 nitrogen and oxygen atoms in total. The zero-order valence-corrected chi connectivity index (χ0v) is 12.8. The summed E-state index contributed by atoms with van der Waals surface area (Å²) in [7, 11) is 0. The van der Waals surface area contributed by atoms with Gasteiger partial charge in [-0.25, -0.2) is 14.8 Å². The number of piperidine rings is 1. The van der Waals surface area contributed by atoms with Gasteiger partial charge in [-0.15, -0.1) is 0 Å². The van der Waals surface area contributed by atoms with Crippen LogP contribution in [0.15, 0.2) is 12.5 Å². The fraction of sp³-hybridized carbons (Fsp3) is 0.611. The van der Waals surface area contributed by atoms with Gasteiger partial charge in [0.1, 0.15) is 24.7 Å². The minimum absolute atomic E-state index is 0.0635. The first-order chi connectivity index (χ1) is 20.6. The minimum atomic E-state index is -4.55. The molecule has 1 aliphatic rings. The number of carbonyl (C=O) groups is 1. The van der Waals surface area contributed by atoms with Gasteiger partial charge in [0.15, 0.2) is 1.41 Å². The predicted molar refractivity (Wildman–Crippen MR) is 97.9 cm³/mol. The Morgan fingerprint density at radius 3 is 3.16 bits per heavy atom. The largest absolute Gasteiger partial charge is 0.444 e. The number of aromatic amines is 1. The highest BCUT2D eigenvalue weighted by Crippen LogP contribution is 2.29. The van der Waals surface area contributed by atoms with Crippen LogP contribution in [0.5, 0.6) is 0 Å².